The Morgan fingerprint density at radius 2 is 2.10 bits per heavy atom. The summed E-state index contributed by atoms with van der Waals surface area (Å²) >= 11 is 0. The summed E-state index contributed by atoms with van der Waals surface area (Å²) in [6, 6.07) is 8.14. The van der Waals surface area contributed by atoms with Gasteiger partial charge >= 0.3 is 0 Å². The molecule has 1 aliphatic heterocycles. The van der Waals surface area contributed by atoms with Crippen molar-refractivity contribution in [1.29, 1.82) is 0 Å². The van der Waals surface area contributed by atoms with Gasteiger partial charge in [-0.2, -0.15) is 0 Å². The van der Waals surface area contributed by atoms with E-state index in [-0.39, 0.29) is 35.5 Å². The van der Waals surface area contributed by atoms with Crippen LogP contribution in [-0.4, -0.2) is 44.9 Å². The highest BCUT2D eigenvalue weighted by Gasteiger charge is 2.32. The molecule has 3 aromatic rings. The molecule has 0 saturated carbocycles. The number of halogens is 1. The summed E-state index contributed by atoms with van der Waals surface area (Å²) in [4.78, 5) is 32.3. The van der Waals surface area contributed by atoms with Crippen LogP contribution in [0.4, 0.5) is 4.39 Å². The largest absolute Gasteiger partial charge is 0.370 e. The van der Waals surface area contributed by atoms with E-state index in [2.05, 4.69) is 20.6 Å². The Kier molecular flexibility index (Phi) is 6.22. The summed E-state index contributed by atoms with van der Waals surface area (Å²) in [5.74, 6) is -0.310. The van der Waals surface area contributed by atoms with Gasteiger partial charge < -0.3 is 15.4 Å². The second-order valence-corrected chi connectivity index (χ2v) is 7.63. The number of fused-ring (bicyclic) bond motifs is 1. The first-order chi connectivity index (χ1) is 15.0. The smallest absolute Gasteiger partial charge is 0.271 e. The summed E-state index contributed by atoms with van der Waals surface area (Å²) in [7, 11) is 0. The standard InChI is InChI=1S/C22H24FN5O3/c1-14(29)26-15-11-16(31-20(12-15)17-5-2-3-6-18(17)23)7-9-24-21(30)19-13-28-10-4-8-25-22(28)27-19/h2-6,8,10,13,15-16,20H,7,9,11-12H2,1H3,(H,24,30)(H,26,29)/t15-,16+,20+/m0/s1. The van der Waals surface area contributed by atoms with Crippen molar-refractivity contribution in [3.8, 4) is 0 Å². The number of ether oxygens (including phenoxy) is 1. The van der Waals surface area contributed by atoms with Gasteiger partial charge in [-0.25, -0.2) is 14.4 Å². The lowest BCUT2D eigenvalue weighted by atomic mass is 9.92. The first-order valence-electron chi connectivity index (χ1n) is 10.2. The van der Waals surface area contributed by atoms with Gasteiger partial charge in [-0.3, -0.25) is 14.0 Å². The van der Waals surface area contributed by atoms with E-state index in [1.165, 1.54) is 13.0 Å². The zero-order valence-corrected chi connectivity index (χ0v) is 17.1. The minimum Gasteiger partial charge on any atom is -0.370 e. The zero-order valence-electron chi connectivity index (χ0n) is 17.1. The fourth-order valence-corrected chi connectivity index (χ4v) is 3.92. The molecule has 1 fully saturated rings. The molecule has 0 spiro atoms. The van der Waals surface area contributed by atoms with Crippen LogP contribution in [0.2, 0.25) is 0 Å². The van der Waals surface area contributed by atoms with Crippen molar-refractivity contribution in [2.45, 2.75) is 44.4 Å². The number of carbonyl (C=O) groups excluding carboxylic acids is 2. The number of imidazole rings is 1. The molecular formula is C22H24FN5O3. The van der Waals surface area contributed by atoms with E-state index in [1.807, 2.05) is 0 Å². The second-order valence-electron chi connectivity index (χ2n) is 7.63. The maximum absolute atomic E-state index is 14.3. The molecule has 1 aromatic carbocycles. The minimum atomic E-state index is -0.461. The van der Waals surface area contributed by atoms with Gasteiger partial charge in [0.15, 0.2) is 0 Å². The molecule has 2 amide bonds. The SMILES string of the molecule is CC(=O)N[C@H]1C[C@@H](CCNC(=O)c2cn3cccnc3n2)O[C@@H](c2ccccc2F)C1. The zero-order chi connectivity index (χ0) is 21.8. The van der Waals surface area contributed by atoms with Crippen LogP contribution in [0, 0.1) is 5.82 Å². The third kappa shape index (κ3) is 5.05. The van der Waals surface area contributed by atoms with Gasteiger partial charge in [0.1, 0.15) is 11.5 Å². The molecule has 31 heavy (non-hydrogen) atoms. The van der Waals surface area contributed by atoms with Crippen molar-refractivity contribution in [2.75, 3.05) is 6.54 Å². The monoisotopic (exact) mass is 425 g/mol. The summed E-state index contributed by atoms with van der Waals surface area (Å²) in [5, 5.41) is 5.77. The van der Waals surface area contributed by atoms with Crippen molar-refractivity contribution in [3.63, 3.8) is 0 Å². The Morgan fingerprint density at radius 1 is 1.26 bits per heavy atom. The van der Waals surface area contributed by atoms with Crippen LogP contribution >= 0.6 is 0 Å². The van der Waals surface area contributed by atoms with Crippen LogP contribution in [0.5, 0.6) is 0 Å². The number of amides is 2. The van der Waals surface area contributed by atoms with E-state index in [9.17, 15) is 14.0 Å². The number of rotatable bonds is 6. The normalized spacial score (nSPS) is 21.0. The van der Waals surface area contributed by atoms with Gasteiger partial charge in [-0.1, -0.05) is 18.2 Å². The molecule has 3 atom stereocenters. The third-order valence-corrected chi connectivity index (χ3v) is 5.28. The highest BCUT2D eigenvalue weighted by atomic mass is 19.1. The van der Waals surface area contributed by atoms with Crippen LogP contribution in [0.25, 0.3) is 5.78 Å². The Hall–Kier alpha value is -3.33. The van der Waals surface area contributed by atoms with Gasteiger partial charge in [0, 0.05) is 43.7 Å². The van der Waals surface area contributed by atoms with Gasteiger partial charge in [0.2, 0.25) is 11.7 Å². The van der Waals surface area contributed by atoms with Crippen LogP contribution in [-0.2, 0) is 9.53 Å². The van der Waals surface area contributed by atoms with Crippen molar-refractivity contribution >= 4 is 17.6 Å². The van der Waals surface area contributed by atoms with Crippen molar-refractivity contribution in [2.24, 2.45) is 0 Å². The minimum absolute atomic E-state index is 0.124. The van der Waals surface area contributed by atoms with E-state index in [0.29, 0.717) is 37.1 Å². The topological polar surface area (TPSA) is 97.6 Å². The Bertz CT molecular complexity index is 1050. The van der Waals surface area contributed by atoms with E-state index in [0.717, 1.165) is 0 Å². The summed E-state index contributed by atoms with van der Waals surface area (Å²) < 4.78 is 22.1. The summed E-state index contributed by atoms with van der Waals surface area (Å²) in [5.41, 5.74) is 0.757. The molecule has 8 nitrogen and oxygen atoms in total. The molecule has 162 valence electrons. The molecule has 3 heterocycles. The first-order valence-corrected chi connectivity index (χ1v) is 10.2. The molecule has 0 unspecified atom stereocenters. The predicted molar refractivity (Wildman–Crippen MR) is 111 cm³/mol. The average molecular weight is 425 g/mol. The number of nitrogens with zero attached hydrogens (tertiary/aromatic N) is 3. The van der Waals surface area contributed by atoms with Crippen LogP contribution in [0.15, 0.2) is 48.9 Å². The lowest BCUT2D eigenvalue weighted by Crippen LogP contribution is -2.43. The molecule has 2 N–H and O–H groups in total. The lowest BCUT2D eigenvalue weighted by Gasteiger charge is -2.36. The molecule has 0 radical (unpaired) electrons. The molecule has 2 aromatic heterocycles. The van der Waals surface area contributed by atoms with Crippen LogP contribution < -0.4 is 10.6 Å². The molecule has 4 rings (SSSR count). The number of benzene rings is 1. The van der Waals surface area contributed by atoms with E-state index in [1.54, 1.807) is 47.3 Å². The number of hydrogen-bond donors (Lipinski definition) is 2. The van der Waals surface area contributed by atoms with Gasteiger partial charge in [-0.15, -0.1) is 0 Å². The highest BCUT2D eigenvalue weighted by molar-refractivity contribution is 5.92. The third-order valence-electron chi connectivity index (χ3n) is 5.28. The maximum Gasteiger partial charge on any atom is 0.271 e. The van der Waals surface area contributed by atoms with Crippen LogP contribution in [0.1, 0.15) is 48.3 Å². The number of hydrogen-bond acceptors (Lipinski definition) is 5. The van der Waals surface area contributed by atoms with Crippen LogP contribution in [0.3, 0.4) is 0 Å². The fourth-order valence-electron chi connectivity index (χ4n) is 3.92. The Morgan fingerprint density at radius 3 is 2.87 bits per heavy atom. The lowest BCUT2D eigenvalue weighted by molar-refractivity contribution is -0.122. The number of carbonyl (C=O) groups is 2. The van der Waals surface area contributed by atoms with E-state index < -0.39 is 6.10 Å². The molecule has 9 heteroatoms. The molecule has 0 aliphatic carbocycles. The maximum atomic E-state index is 14.3. The highest BCUT2D eigenvalue weighted by Crippen LogP contribution is 2.33. The van der Waals surface area contributed by atoms with Gasteiger partial charge in [0.25, 0.3) is 5.91 Å². The first kappa shape index (κ1) is 20.9. The molecule has 1 aliphatic rings. The number of aromatic nitrogens is 3. The molecular weight excluding hydrogens is 401 g/mol. The van der Waals surface area contributed by atoms with E-state index >= 15 is 0 Å². The Balaban J connectivity index is 1.38. The predicted octanol–water partition coefficient (Wildman–Crippen LogP) is 2.41. The second kappa shape index (κ2) is 9.22. The van der Waals surface area contributed by atoms with Gasteiger partial charge in [-0.05, 0) is 31.4 Å². The quantitative estimate of drug-likeness (QED) is 0.632. The van der Waals surface area contributed by atoms with Crippen molar-refractivity contribution < 1.29 is 18.7 Å². The fraction of sp³-hybridized carbons (Fsp3) is 0.364. The van der Waals surface area contributed by atoms with E-state index in [4.69, 9.17) is 4.74 Å². The summed E-state index contributed by atoms with van der Waals surface area (Å²) in [6.07, 6.45) is 5.93. The van der Waals surface area contributed by atoms with Gasteiger partial charge in [0.05, 0.1) is 12.2 Å². The average Bonchev–Trinajstić information content (AvgIpc) is 3.18. The summed E-state index contributed by atoms with van der Waals surface area (Å²) in [6.45, 7) is 1.83. The van der Waals surface area contributed by atoms with Crippen molar-refractivity contribution in [1.82, 2.24) is 25.0 Å². The number of nitrogens with one attached hydrogen (secondary N) is 2. The molecule has 0 bridgehead atoms. The van der Waals surface area contributed by atoms with Crippen molar-refractivity contribution in [3.05, 3.63) is 66.0 Å². The Labute approximate surface area is 178 Å². The molecule has 1 saturated heterocycles.